The van der Waals surface area contributed by atoms with Crippen LogP contribution in [0, 0.1) is 11.3 Å². The van der Waals surface area contributed by atoms with Gasteiger partial charge in [-0.15, -0.1) is 0 Å². The zero-order valence-electron chi connectivity index (χ0n) is 13.2. The van der Waals surface area contributed by atoms with Crippen molar-refractivity contribution in [1.82, 2.24) is 4.90 Å². The number of fused-ring (bicyclic) bond motifs is 2. The number of nitriles is 1. The Morgan fingerprint density at radius 3 is 2.62 bits per heavy atom. The Morgan fingerprint density at radius 1 is 1.21 bits per heavy atom. The van der Waals surface area contributed by atoms with Gasteiger partial charge in [-0.1, -0.05) is 37.5 Å². The summed E-state index contributed by atoms with van der Waals surface area (Å²) in [6.07, 6.45) is 4.90. The highest BCUT2D eigenvalue weighted by Gasteiger charge is 2.63. The van der Waals surface area contributed by atoms with Gasteiger partial charge in [-0.3, -0.25) is 14.5 Å². The summed E-state index contributed by atoms with van der Waals surface area (Å²) in [6, 6.07) is 9.03. The van der Waals surface area contributed by atoms with Crippen LogP contribution in [0.5, 0.6) is 0 Å². The molecule has 1 atom stereocenters. The minimum atomic E-state index is -1.62. The first kappa shape index (κ1) is 14.8. The highest BCUT2D eigenvalue weighted by atomic mass is 16.2. The molecule has 0 radical (unpaired) electrons. The molecular weight excluding hydrogens is 304 g/mol. The summed E-state index contributed by atoms with van der Waals surface area (Å²) >= 11 is 0. The van der Waals surface area contributed by atoms with E-state index < -0.39 is 11.3 Å². The van der Waals surface area contributed by atoms with Crippen LogP contribution in [-0.4, -0.2) is 22.8 Å². The van der Waals surface area contributed by atoms with E-state index in [0.29, 0.717) is 11.3 Å². The lowest BCUT2D eigenvalue weighted by Gasteiger charge is -2.33. The van der Waals surface area contributed by atoms with Crippen molar-refractivity contribution in [3.63, 3.8) is 0 Å². The second kappa shape index (κ2) is 5.10. The first-order valence-corrected chi connectivity index (χ1v) is 8.27. The Kier molecular flexibility index (Phi) is 3.14. The molecule has 1 aromatic rings. The number of amides is 2. The number of nitrogens with two attached hydrogens (primary N) is 1. The predicted octanol–water partition coefficient (Wildman–Crippen LogP) is 1.75. The van der Waals surface area contributed by atoms with Gasteiger partial charge in [0.05, 0.1) is 5.57 Å². The zero-order valence-corrected chi connectivity index (χ0v) is 13.2. The molecule has 4 rings (SSSR count). The van der Waals surface area contributed by atoms with E-state index in [1.807, 2.05) is 6.07 Å². The number of rotatable bonds is 1. The van der Waals surface area contributed by atoms with Crippen molar-refractivity contribution in [2.75, 3.05) is 5.32 Å². The van der Waals surface area contributed by atoms with Crippen LogP contribution in [0.4, 0.5) is 5.69 Å². The predicted molar refractivity (Wildman–Crippen MR) is 87.3 cm³/mol. The van der Waals surface area contributed by atoms with E-state index in [1.54, 1.807) is 24.3 Å². The first-order chi connectivity index (χ1) is 11.6. The van der Waals surface area contributed by atoms with Gasteiger partial charge in [-0.25, -0.2) is 0 Å². The Balaban J connectivity index is 1.90. The van der Waals surface area contributed by atoms with E-state index in [1.165, 1.54) is 4.90 Å². The minimum absolute atomic E-state index is 0.0328. The Bertz CT molecular complexity index is 817. The number of hydrogen-bond donors (Lipinski definition) is 2. The molecule has 2 amide bonds. The summed E-state index contributed by atoms with van der Waals surface area (Å²) in [7, 11) is 0. The van der Waals surface area contributed by atoms with Crippen LogP contribution >= 0.6 is 0 Å². The SMILES string of the molecule is N#CC1=C(N)N(C2CCCCC2)C(=O)C12C(=O)Nc1ccccc12. The average Bonchev–Trinajstić information content (AvgIpc) is 3.01. The van der Waals surface area contributed by atoms with Gasteiger partial charge in [-0.2, -0.15) is 5.26 Å². The summed E-state index contributed by atoms with van der Waals surface area (Å²) < 4.78 is 0. The molecule has 0 aromatic heterocycles. The molecule has 1 spiro atoms. The highest BCUT2D eigenvalue weighted by molar-refractivity contribution is 6.25. The first-order valence-electron chi connectivity index (χ1n) is 8.27. The third-order valence-corrected chi connectivity index (χ3v) is 5.40. The van der Waals surface area contributed by atoms with E-state index in [-0.39, 0.29) is 23.3 Å². The van der Waals surface area contributed by atoms with Crippen molar-refractivity contribution in [2.24, 2.45) is 5.73 Å². The summed E-state index contributed by atoms with van der Waals surface area (Å²) in [5, 5.41) is 12.4. The standard InChI is InChI=1S/C18H18N4O2/c19-10-13-15(20)22(11-6-2-1-3-7-11)17(24)18(13)12-8-4-5-9-14(12)21-16(18)23/h4-5,8-9,11H,1-3,6-7,20H2,(H,21,23). The molecule has 1 aromatic carbocycles. The summed E-state index contributed by atoms with van der Waals surface area (Å²) in [5.41, 5.74) is 5.75. The number of anilines is 1. The highest BCUT2D eigenvalue weighted by Crippen LogP contribution is 2.49. The van der Waals surface area contributed by atoms with Crippen LogP contribution in [0.2, 0.25) is 0 Å². The van der Waals surface area contributed by atoms with Crippen LogP contribution < -0.4 is 11.1 Å². The van der Waals surface area contributed by atoms with Gasteiger partial charge in [0, 0.05) is 17.3 Å². The molecule has 1 saturated carbocycles. The van der Waals surface area contributed by atoms with Crippen molar-refractivity contribution >= 4 is 17.5 Å². The van der Waals surface area contributed by atoms with Crippen LogP contribution in [0.25, 0.3) is 0 Å². The normalized spacial score (nSPS) is 26.7. The number of para-hydroxylation sites is 1. The van der Waals surface area contributed by atoms with E-state index in [2.05, 4.69) is 5.32 Å². The van der Waals surface area contributed by atoms with Gasteiger partial charge in [0.15, 0.2) is 5.41 Å². The molecule has 122 valence electrons. The topological polar surface area (TPSA) is 99.2 Å². The van der Waals surface area contributed by atoms with Gasteiger partial charge < -0.3 is 11.1 Å². The fraction of sp³-hybridized carbons (Fsp3) is 0.389. The van der Waals surface area contributed by atoms with Crippen LogP contribution in [-0.2, 0) is 15.0 Å². The van der Waals surface area contributed by atoms with Crippen LogP contribution in [0.15, 0.2) is 35.7 Å². The van der Waals surface area contributed by atoms with Crippen molar-refractivity contribution in [3.8, 4) is 6.07 Å². The summed E-state index contributed by atoms with van der Waals surface area (Å²) in [4.78, 5) is 27.7. The number of nitrogens with one attached hydrogen (secondary N) is 1. The van der Waals surface area contributed by atoms with Gasteiger partial charge in [0.1, 0.15) is 11.9 Å². The monoisotopic (exact) mass is 322 g/mol. The quantitative estimate of drug-likeness (QED) is 0.769. The number of nitrogens with zero attached hydrogens (tertiary/aromatic N) is 2. The Hall–Kier alpha value is -2.81. The zero-order chi connectivity index (χ0) is 16.9. The van der Waals surface area contributed by atoms with E-state index in [9.17, 15) is 14.9 Å². The molecule has 1 fully saturated rings. The molecule has 3 N–H and O–H groups in total. The lowest BCUT2D eigenvalue weighted by molar-refractivity contribution is -0.138. The number of hydrogen-bond acceptors (Lipinski definition) is 4. The van der Waals surface area contributed by atoms with Gasteiger partial charge in [0.2, 0.25) is 5.91 Å². The summed E-state index contributed by atoms with van der Waals surface area (Å²) in [5.74, 6) is -0.723. The number of carbonyl (C=O) groups is 2. The maximum Gasteiger partial charge on any atom is 0.254 e. The van der Waals surface area contributed by atoms with Crippen molar-refractivity contribution in [2.45, 2.75) is 43.6 Å². The van der Waals surface area contributed by atoms with Crippen LogP contribution in [0.3, 0.4) is 0 Å². The average molecular weight is 322 g/mol. The molecule has 24 heavy (non-hydrogen) atoms. The smallest absolute Gasteiger partial charge is 0.254 e. The van der Waals surface area contributed by atoms with E-state index >= 15 is 0 Å². The second-order valence-electron chi connectivity index (χ2n) is 6.59. The summed E-state index contributed by atoms with van der Waals surface area (Å²) in [6.45, 7) is 0. The van der Waals surface area contributed by atoms with Gasteiger partial charge in [0.25, 0.3) is 5.91 Å². The molecule has 1 aliphatic carbocycles. The second-order valence-corrected chi connectivity index (χ2v) is 6.59. The fourth-order valence-electron chi connectivity index (χ4n) is 4.27. The minimum Gasteiger partial charge on any atom is -0.384 e. The lowest BCUT2D eigenvalue weighted by Crippen LogP contribution is -2.49. The van der Waals surface area contributed by atoms with E-state index in [4.69, 9.17) is 5.73 Å². The fourth-order valence-corrected chi connectivity index (χ4v) is 4.27. The third-order valence-electron chi connectivity index (χ3n) is 5.40. The molecule has 2 heterocycles. The maximum absolute atomic E-state index is 13.4. The molecule has 6 nitrogen and oxygen atoms in total. The number of carbonyl (C=O) groups excluding carboxylic acids is 2. The molecule has 1 unspecified atom stereocenters. The largest absolute Gasteiger partial charge is 0.384 e. The molecule has 0 bridgehead atoms. The Morgan fingerprint density at radius 2 is 1.92 bits per heavy atom. The van der Waals surface area contributed by atoms with E-state index in [0.717, 1.165) is 32.1 Å². The van der Waals surface area contributed by atoms with Crippen molar-refractivity contribution < 1.29 is 9.59 Å². The van der Waals surface area contributed by atoms with Crippen LogP contribution in [0.1, 0.15) is 37.7 Å². The maximum atomic E-state index is 13.4. The molecule has 6 heteroatoms. The van der Waals surface area contributed by atoms with Gasteiger partial charge in [-0.05, 0) is 18.9 Å². The Labute approximate surface area is 139 Å². The third kappa shape index (κ3) is 1.64. The van der Waals surface area contributed by atoms with Crippen molar-refractivity contribution in [1.29, 1.82) is 5.26 Å². The molecule has 2 aliphatic heterocycles. The molecule has 3 aliphatic rings. The van der Waals surface area contributed by atoms with Crippen molar-refractivity contribution in [3.05, 3.63) is 41.2 Å². The molecule has 0 saturated heterocycles. The lowest BCUT2D eigenvalue weighted by atomic mass is 9.76. The molecular formula is C18H18N4O2. The van der Waals surface area contributed by atoms with Gasteiger partial charge >= 0.3 is 0 Å². The number of benzene rings is 1.